The van der Waals surface area contributed by atoms with Crippen LogP contribution in [0, 0.1) is 11.3 Å². The van der Waals surface area contributed by atoms with Crippen LogP contribution in [-0.2, 0) is 6.42 Å². The Bertz CT molecular complexity index is 366. The fourth-order valence-corrected chi connectivity index (χ4v) is 1.27. The van der Waals surface area contributed by atoms with Crippen molar-refractivity contribution in [3.63, 3.8) is 0 Å². The summed E-state index contributed by atoms with van der Waals surface area (Å²) in [5.41, 5.74) is 0.939. The molecule has 0 aliphatic heterocycles. The lowest BCUT2D eigenvalue weighted by Crippen LogP contribution is -2.07. The number of methoxy groups -OCH3 is 1. The van der Waals surface area contributed by atoms with Gasteiger partial charge in [-0.05, 0) is 31.5 Å². The van der Waals surface area contributed by atoms with Gasteiger partial charge in [0, 0.05) is 0 Å². The van der Waals surface area contributed by atoms with E-state index in [0.29, 0.717) is 17.9 Å². The zero-order chi connectivity index (χ0) is 11.3. The zero-order valence-electron chi connectivity index (χ0n) is 9.28. The topological polar surface area (TPSA) is 42.2 Å². The normalized spacial score (nSPS) is 9.80. The van der Waals surface area contributed by atoms with Crippen LogP contribution in [0.2, 0.25) is 0 Å². The molecule has 0 heterocycles. The first-order valence-corrected chi connectivity index (χ1v) is 4.88. The van der Waals surface area contributed by atoms with Crippen LogP contribution in [0.1, 0.15) is 19.4 Å². The van der Waals surface area contributed by atoms with Crippen LogP contribution in [0.5, 0.6) is 11.5 Å². The smallest absolute Gasteiger partial charge is 0.161 e. The number of rotatable bonds is 4. The van der Waals surface area contributed by atoms with Crippen molar-refractivity contribution in [2.24, 2.45) is 0 Å². The molecule has 0 fully saturated rings. The monoisotopic (exact) mass is 205 g/mol. The highest BCUT2D eigenvalue weighted by Gasteiger charge is 2.07. The minimum absolute atomic E-state index is 0.0937. The SMILES string of the molecule is COc1ccc(CC#N)cc1OC(C)C. The second-order valence-electron chi connectivity index (χ2n) is 3.49. The van der Waals surface area contributed by atoms with Gasteiger partial charge in [0.15, 0.2) is 11.5 Å². The Kier molecular flexibility index (Phi) is 3.99. The number of nitriles is 1. The molecule has 3 nitrogen and oxygen atoms in total. The van der Waals surface area contributed by atoms with Gasteiger partial charge in [0.05, 0.1) is 25.7 Å². The molecule has 0 bridgehead atoms. The second-order valence-corrected chi connectivity index (χ2v) is 3.49. The Labute approximate surface area is 90.2 Å². The molecule has 0 N–H and O–H groups in total. The molecule has 0 radical (unpaired) electrons. The molecule has 3 heteroatoms. The molecule has 0 aliphatic carbocycles. The van der Waals surface area contributed by atoms with Crippen molar-refractivity contribution < 1.29 is 9.47 Å². The van der Waals surface area contributed by atoms with E-state index >= 15 is 0 Å². The lowest BCUT2D eigenvalue weighted by Gasteiger charge is -2.14. The Hall–Kier alpha value is -1.69. The van der Waals surface area contributed by atoms with Gasteiger partial charge in [0.1, 0.15) is 0 Å². The van der Waals surface area contributed by atoms with E-state index in [1.165, 1.54) is 0 Å². The van der Waals surface area contributed by atoms with E-state index in [0.717, 1.165) is 5.56 Å². The van der Waals surface area contributed by atoms with E-state index in [1.807, 2.05) is 32.0 Å². The van der Waals surface area contributed by atoms with Crippen molar-refractivity contribution in [3.05, 3.63) is 23.8 Å². The molecule has 80 valence electrons. The number of benzene rings is 1. The van der Waals surface area contributed by atoms with Gasteiger partial charge in [-0.15, -0.1) is 0 Å². The zero-order valence-corrected chi connectivity index (χ0v) is 9.28. The molecule has 0 saturated heterocycles. The average Bonchev–Trinajstić information content (AvgIpc) is 2.18. The Morgan fingerprint density at radius 2 is 2.07 bits per heavy atom. The molecule has 15 heavy (non-hydrogen) atoms. The molecule has 0 amide bonds. The summed E-state index contributed by atoms with van der Waals surface area (Å²) in [6, 6.07) is 7.65. The van der Waals surface area contributed by atoms with Crippen LogP contribution in [0.15, 0.2) is 18.2 Å². The van der Waals surface area contributed by atoms with E-state index in [1.54, 1.807) is 7.11 Å². The van der Waals surface area contributed by atoms with Crippen LogP contribution < -0.4 is 9.47 Å². The molecular formula is C12H15NO2. The minimum Gasteiger partial charge on any atom is -0.493 e. The van der Waals surface area contributed by atoms with Gasteiger partial charge in [-0.25, -0.2) is 0 Å². The molecule has 0 aromatic heterocycles. The lowest BCUT2D eigenvalue weighted by atomic mass is 10.1. The summed E-state index contributed by atoms with van der Waals surface area (Å²) in [7, 11) is 1.60. The average molecular weight is 205 g/mol. The standard InChI is InChI=1S/C12H15NO2/c1-9(2)15-12-8-10(6-7-13)4-5-11(12)14-3/h4-5,8-9H,6H2,1-3H3. The van der Waals surface area contributed by atoms with Gasteiger partial charge in [-0.1, -0.05) is 6.07 Å². The molecule has 1 aromatic carbocycles. The summed E-state index contributed by atoms with van der Waals surface area (Å²) in [6.45, 7) is 3.91. The third-order valence-corrected chi connectivity index (χ3v) is 1.87. The van der Waals surface area contributed by atoms with E-state index in [-0.39, 0.29) is 6.10 Å². The maximum Gasteiger partial charge on any atom is 0.161 e. The first kappa shape index (κ1) is 11.4. The van der Waals surface area contributed by atoms with Gasteiger partial charge in [-0.3, -0.25) is 0 Å². The molecule has 1 aromatic rings. The second kappa shape index (κ2) is 5.26. The third-order valence-electron chi connectivity index (χ3n) is 1.87. The number of hydrogen-bond donors (Lipinski definition) is 0. The highest BCUT2D eigenvalue weighted by molar-refractivity contribution is 5.43. The summed E-state index contributed by atoms with van der Waals surface area (Å²) in [4.78, 5) is 0. The summed E-state index contributed by atoms with van der Waals surface area (Å²) < 4.78 is 10.8. The molecule has 0 atom stereocenters. The van der Waals surface area contributed by atoms with Crippen molar-refractivity contribution in [2.75, 3.05) is 7.11 Å². The highest BCUT2D eigenvalue weighted by atomic mass is 16.5. The fraction of sp³-hybridized carbons (Fsp3) is 0.417. The first-order valence-electron chi connectivity index (χ1n) is 4.88. The van der Waals surface area contributed by atoms with E-state index in [4.69, 9.17) is 14.7 Å². The van der Waals surface area contributed by atoms with Crippen molar-refractivity contribution in [2.45, 2.75) is 26.4 Å². The largest absolute Gasteiger partial charge is 0.493 e. The Balaban J connectivity index is 2.97. The molecule has 1 rings (SSSR count). The highest BCUT2D eigenvalue weighted by Crippen LogP contribution is 2.28. The third kappa shape index (κ3) is 3.17. The van der Waals surface area contributed by atoms with Crippen molar-refractivity contribution >= 4 is 0 Å². The maximum absolute atomic E-state index is 8.60. The van der Waals surface area contributed by atoms with Crippen molar-refractivity contribution in [1.82, 2.24) is 0 Å². The van der Waals surface area contributed by atoms with Gasteiger partial charge in [0.2, 0.25) is 0 Å². The van der Waals surface area contributed by atoms with Gasteiger partial charge < -0.3 is 9.47 Å². The van der Waals surface area contributed by atoms with Crippen LogP contribution >= 0.6 is 0 Å². The maximum atomic E-state index is 8.60. The van der Waals surface area contributed by atoms with Gasteiger partial charge >= 0.3 is 0 Å². The van der Waals surface area contributed by atoms with Crippen molar-refractivity contribution in [1.29, 1.82) is 5.26 Å². The molecule has 0 spiro atoms. The summed E-state index contributed by atoms with van der Waals surface area (Å²) in [5, 5.41) is 8.60. The number of nitrogens with zero attached hydrogens (tertiary/aromatic N) is 1. The molecule has 0 aliphatic rings. The summed E-state index contributed by atoms with van der Waals surface area (Å²) in [6.07, 6.45) is 0.481. The Morgan fingerprint density at radius 1 is 1.33 bits per heavy atom. The van der Waals surface area contributed by atoms with Crippen LogP contribution in [-0.4, -0.2) is 13.2 Å². The van der Waals surface area contributed by atoms with Crippen LogP contribution in [0.25, 0.3) is 0 Å². The Morgan fingerprint density at radius 3 is 2.60 bits per heavy atom. The van der Waals surface area contributed by atoms with E-state index in [2.05, 4.69) is 6.07 Å². The van der Waals surface area contributed by atoms with Gasteiger partial charge in [-0.2, -0.15) is 5.26 Å². The van der Waals surface area contributed by atoms with Crippen LogP contribution in [0.4, 0.5) is 0 Å². The quantitative estimate of drug-likeness (QED) is 0.758. The molecular weight excluding hydrogens is 190 g/mol. The van der Waals surface area contributed by atoms with Gasteiger partial charge in [0.25, 0.3) is 0 Å². The lowest BCUT2D eigenvalue weighted by molar-refractivity contribution is 0.230. The molecule has 0 saturated carbocycles. The molecule has 0 unspecified atom stereocenters. The predicted molar refractivity (Wildman–Crippen MR) is 58.1 cm³/mol. The van der Waals surface area contributed by atoms with Crippen LogP contribution in [0.3, 0.4) is 0 Å². The summed E-state index contributed by atoms with van der Waals surface area (Å²) in [5.74, 6) is 1.39. The number of ether oxygens (including phenoxy) is 2. The predicted octanol–water partition coefficient (Wildman–Crippen LogP) is 2.55. The van der Waals surface area contributed by atoms with E-state index in [9.17, 15) is 0 Å². The summed E-state index contributed by atoms with van der Waals surface area (Å²) >= 11 is 0. The van der Waals surface area contributed by atoms with Crippen molar-refractivity contribution in [3.8, 4) is 17.6 Å². The number of hydrogen-bond acceptors (Lipinski definition) is 3. The first-order chi connectivity index (χ1) is 7.17. The fourth-order valence-electron chi connectivity index (χ4n) is 1.27. The minimum atomic E-state index is 0.0937. The van der Waals surface area contributed by atoms with E-state index < -0.39 is 0 Å².